The van der Waals surface area contributed by atoms with Crippen LogP contribution in [-0.4, -0.2) is 80.0 Å². The third-order valence-electron chi connectivity index (χ3n) is 3.65. The van der Waals surface area contributed by atoms with Gasteiger partial charge in [0.25, 0.3) is 0 Å². The van der Waals surface area contributed by atoms with Crippen molar-refractivity contribution < 1.29 is 9.90 Å². The summed E-state index contributed by atoms with van der Waals surface area (Å²) in [6.07, 6.45) is 21.2. The van der Waals surface area contributed by atoms with Crippen LogP contribution in [0.3, 0.4) is 0 Å². The molecule has 0 aliphatic heterocycles. The Hall–Kier alpha value is 1.26. The van der Waals surface area contributed by atoms with E-state index < -0.39 is 5.97 Å². The summed E-state index contributed by atoms with van der Waals surface area (Å²) in [7, 11) is 0. The van der Waals surface area contributed by atoms with Gasteiger partial charge in [0.15, 0.2) is 0 Å². The number of aliphatic carboxylic acids is 1. The number of carbonyl (C=O) groups is 1. The molecule has 0 spiro atoms. The monoisotopic (exact) mass is 415 g/mol. The van der Waals surface area contributed by atoms with Crippen molar-refractivity contribution in [3.63, 3.8) is 0 Å². The normalized spacial score (nSPS) is 10.7. The fourth-order valence-corrected chi connectivity index (χ4v) is 2.35. The molecule has 0 rings (SSSR count). The molecule has 0 aromatic heterocycles. The van der Waals surface area contributed by atoms with E-state index >= 15 is 0 Å². The number of carboxylic acids is 1. The van der Waals surface area contributed by atoms with Crippen LogP contribution in [0.15, 0.2) is 12.2 Å². The Morgan fingerprint density at radius 3 is 1.67 bits per heavy atom. The number of hydrogen-bond acceptors (Lipinski definition) is 1. The minimum atomic E-state index is -0.664. The molecule has 3 heteroatoms. The average Bonchev–Trinajstić information content (AvgIpc) is 2.43. The summed E-state index contributed by atoms with van der Waals surface area (Å²) in [4.78, 5) is 10.3. The van der Waals surface area contributed by atoms with E-state index in [0.717, 1.165) is 12.8 Å². The Balaban J connectivity index is 0. The van der Waals surface area contributed by atoms with E-state index in [2.05, 4.69) is 19.1 Å². The van der Waals surface area contributed by atoms with E-state index in [4.69, 9.17) is 5.11 Å². The molecule has 119 valence electrons. The van der Waals surface area contributed by atoms with Gasteiger partial charge in [-0.15, -0.1) is 0 Å². The van der Waals surface area contributed by atoms with Gasteiger partial charge < -0.3 is 5.11 Å². The van der Waals surface area contributed by atoms with Crippen molar-refractivity contribution >= 4 is 74.9 Å². The van der Waals surface area contributed by atoms with Gasteiger partial charge >= 0.3 is 5.97 Å². The molecular weight excluding hydrogens is 381 g/mol. The van der Waals surface area contributed by atoms with Crippen LogP contribution in [0, 0.1) is 0 Å². The molecule has 0 aliphatic rings. The molecular formula is C18H34CsO2. The molecule has 0 amide bonds. The maximum Gasteiger partial charge on any atom is 0.303 e. The summed E-state index contributed by atoms with van der Waals surface area (Å²) >= 11 is 0. The molecule has 0 heterocycles. The van der Waals surface area contributed by atoms with E-state index in [1.807, 2.05) is 0 Å². The van der Waals surface area contributed by atoms with Crippen LogP contribution < -0.4 is 0 Å². The van der Waals surface area contributed by atoms with Crippen LogP contribution in [0.5, 0.6) is 0 Å². The maximum atomic E-state index is 10.3. The summed E-state index contributed by atoms with van der Waals surface area (Å²) in [5, 5.41) is 8.51. The van der Waals surface area contributed by atoms with Crippen LogP contribution in [0.1, 0.15) is 96.8 Å². The average molecular weight is 415 g/mol. The number of rotatable bonds is 15. The zero-order valence-electron chi connectivity index (χ0n) is 14.4. The van der Waals surface area contributed by atoms with Crippen molar-refractivity contribution in [1.29, 1.82) is 0 Å². The minimum Gasteiger partial charge on any atom is -0.481 e. The van der Waals surface area contributed by atoms with Gasteiger partial charge in [-0.05, 0) is 32.1 Å². The second-order valence-electron chi connectivity index (χ2n) is 5.73. The van der Waals surface area contributed by atoms with Crippen LogP contribution in [0.25, 0.3) is 0 Å². The molecule has 0 saturated carbocycles. The van der Waals surface area contributed by atoms with E-state index in [-0.39, 0.29) is 68.9 Å². The van der Waals surface area contributed by atoms with Gasteiger partial charge in [-0.2, -0.15) is 0 Å². The molecule has 0 fully saturated rings. The summed E-state index contributed by atoms with van der Waals surface area (Å²) in [6, 6.07) is 0. The fourth-order valence-electron chi connectivity index (χ4n) is 2.35. The number of carboxylic acid groups (broad SMARTS) is 1. The van der Waals surface area contributed by atoms with Gasteiger partial charge in [0, 0.05) is 75.3 Å². The van der Waals surface area contributed by atoms with Crippen molar-refractivity contribution in [2.75, 3.05) is 0 Å². The molecule has 0 aromatic carbocycles. The molecule has 0 aliphatic carbocycles. The van der Waals surface area contributed by atoms with Gasteiger partial charge in [0.2, 0.25) is 0 Å². The number of unbranched alkanes of at least 4 members (excludes halogenated alkanes) is 11. The number of allylic oxidation sites excluding steroid dienone is 2. The molecule has 0 saturated heterocycles. The molecule has 0 atom stereocenters. The van der Waals surface area contributed by atoms with Crippen LogP contribution >= 0.6 is 0 Å². The maximum absolute atomic E-state index is 10.3. The van der Waals surface area contributed by atoms with E-state index in [0.29, 0.717) is 6.42 Å². The molecule has 1 N–H and O–H groups in total. The van der Waals surface area contributed by atoms with Gasteiger partial charge in [0.05, 0.1) is 0 Å². The summed E-state index contributed by atoms with van der Waals surface area (Å²) in [6.45, 7) is 2.26. The Morgan fingerprint density at radius 2 is 1.19 bits per heavy atom. The Labute approximate surface area is 191 Å². The minimum absolute atomic E-state index is 0. The molecule has 0 unspecified atom stereocenters. The van der Waals surface area contributed by atoms with E-state index in [9.17, 15) is 4.79 Å². The quantitative estimate of drug-likeness (QED) is 0.274. The standard InChI is InChI=1S/C18H34O2.Cs/c1-2-3-4-5-6-7-8-9-10-11-12-13-14-15-16-17-18(19)20;/h9-10H,2-8,11-17H2,1H3,(H,19,20);/b10-9-;. The predicted octanol–water partition coefficient (Wildman–Crippen LogP) is 5.73. The summed E-state index contributed by atoms with van der Waals surface area (Å²) < 4.78 is 0. The molecule has 1 radical (unpaired) electrons. The second-order valence-corrected chi connectivity index (χ2v) is 5.73. The largest absolute Gasteiger partial charge is 0.481 e. The first-order chi connectivity index (χ1) is 9.77. The molecule has 0 bridgehead atoms. The molecule has 2 nitrogen and oxygen atoms in total. The molecule has 0 aromatic rings. The number of hydrogen-bond donors (Lipinski definition) is 1. The third-order valence-corrected chi connectivity index (χ3v) is 3.65. The first-order valence-corrected chi connectivity index (χ1v) is 8.64. The third kappa shape index (κ3) is 23.7. The SMILES string of the molecule is CCCCCCCC/C=C\CCCCCCCC(=O)O.[Cs]. The Morgan fingerprint density at radius 1 is 0.762 bits per heavy atom. The zero-order valence-corrected chi connectivity index (χ0v) is 20.7. The molecule has 21 heavy (non-hydrogen) atoms. The van der Waals surface area contributed by atoms with Gasteiger partial charge in [-0.3, -0.25) is 4.79 Å². The summed E-state index contributed by atoms with van der Waals surface area (Å²) in [5.41, 5.74) is 0. The van der Waals surface area contributed by atoms with Crippen molar-refractivity contribution in [1.82, 2.24) is 0 Å². The van der Waals surface area contributed by atoms with Gasteiger partial charge in [-0.1, -0.05) is 70.4 Å². The van der Waals surface area contributed by atoms with Crippen LogP contribution in [-0.2, 0) is 4.79 Å². The van der Waals surface area contributed by atoms with Crippen molar-refractivity contribution in [3.05, 3.63) is 12.2 Å². The van der Waals surface area contributed by atoms with Gasteiger partial charge in [-0.25, -0.2) is 0 Å². The van der Waals surface area contributed by atoms with E-state index in [1.54, 1.807) is 0 Å². The second kappa shape index (κ2) is 21.3. The van der Waals surface area contributed by atoms with Crippen molar-refractivity contribution in [3.8, 4) is 0 Å². The smallest absolute Gasteiger partial charge is 0.303 e. The first kappa shape index (κ1) is 24.5. The van der Waals surface area contributed by atoms with Crippen molar-refractivity contribution in [2.45, 2.75) is 96.8 Å². The predicted molar refractivity (Wildman–Crippen MR) is 92.8 cm³/mol. The Bertz CT molecular complexity index is 239. The zero-order chi connectivity index (χ0) is 14.9. The van der Waals surface area contributed by atoms with Crippen LogP contribution in [0.2, 0.25) is 0 Å². The van der Waals surface area contributed by atoms with Crippen molar-refractivity contribution in [2.24, 2.45) is 0 Å². The van der Waals surface area contributed by atoms with Crippen LogP contribution in [0.4, 0.5) is 0 Å². The van der Waals surface area contributed by atoms with Gasteiger partial charge in [0.1, 0.15) is 0 Å². The topological polar surface area (TPSA) is 37.3 Å². The van der Waals surface area contributed by atoms with E-state index in [1.165, 1.54) is 70.6 Å². The first-order valence-electron chi connectivity index (χ1n) is 8.64. The Kier molecular flexibility index (Phi) is 24.8. The fraction of sp³-hybridized carbons (Fsp3) is 0.833. The summed E-state index contributed by atoms with van der Waals surface area (Å²) in [5.74, 6) is -0.664.